The lowest BCUT2D eigenvalue weighted by Gasteiger charge is -2.25. The van der Waals surface area contributed by atoms with E-state index in [2.05, 4.69) is 0 Å². The Morgan fingerprint density at radius 3 is 2.39 bits per heavy atom. The van der Waals surface area contributed by atoms with Gasteiger partial charge in [0.05, 0.1) is 18.7 Å². The van der Waals surface area contributed by atoms with Crippen LogP contribution in [0.25, 0.3) is 0 Å². The van der Waals surface area contributed by atoms with Crippen LogP contribution in [0.1, 0.15) is 18.2 Å². The molecule has 0 aliphatic carbocycles. The topological polar surface area (TPSA) is 84.0 Å². The number of carbonyl (C=O) groups is 2. The Bertz CT molecular complexity index is 1160. The van der Waals surface area contributed by atoms with E-state index in [-0.39, 0.29) is 17.2 Å². The summed E-state index contributed by atoms with van der Waals surface area (Å²) in [5, 5.41) is 3.52. The number of imide groups is 1. The highest BCUT2D eigenvalue weighted by Crippen LogP contribution is 2.33. The first-order valence-electron chi connectivity index (χ1n) is 9.59. The fourth-order valence-corrected chi connectivity index (χ4v) is 6.88. The minimum absolute atomic E-state index is 0.0265. The van der Waals surface area contributed by atoms with Crippen molar-refractivity contribution in [2.75, 3.05) is 11.5 Å². The zero-order valence-electron chi connectivity index (χ0n) is 16.6. The van der Waals surface area contributed by atoms with E-state index in [1.807, 2.05) is 24.4 Å². The van der Waals surface area contributed by atoms with Gasteiger partial charge in [-0.25, -0.2) is 13.3 Å². The van der Waals surface area contributed by atoms with Gasteiger partial charge in [-0.2, -0.15) is 4.31 Å². The fraction of sp³-hybridized carbons (Fsp3) is 0.238. The summed E-state index contributed by atoms with van der Waals surface area (Å²) in [6, 6.07) is 12.3. The van der Waals surface area contributed by atoms with Crippen molar-refractivity contribution in [1.82, 2.24) is 4.31 Å². The van der Waals surface area contributed by atoms with Gasteiger partial charge in [0.1, 0.15) is 16.0 Å². The summed E-state index contributed by atoms with van der Waals surface area (Å²) in [5.41, 5.74) is 0.394. The highest BCUT2D eigenvalue weighted by Gasteiger charge is 2.47. The van der Waals surface area contributed by atoms with Crippen LogP contribution in [0.4, 0.5) is 5.69 Å². The molecule has 4 rings (SSSR count). The fourth-order valence-electron chi connectivity index (χ4n) is 3.41. The second-order valence-electron chi connectivity index (χ2n) is 6.78. The molecule has 1 aromatic carbocycles. The van der Waals surface area contributed by atoms with Crippen LogP contribution in [0.3, 0.4) is 0 Å². The molecule has 0 bridgehead atoms. The molecule has 1 aliphatic heterocycles. The Morgan fingerprint density at radius 1 is 1.06 bits per heavy atom. The van der Waals surface area contributed by atoms with Crippen LogP contribution in [0.15, 0.2) is 63.5 Å². The molecule has 3 heterocycles. The van der Waals surface area contributed by atoms with Crippen LogP contribution in [0.2, 0.25) is 0 Å². The molecule has 1 saturated heterocycles. The molecule has 2 amide bonds. The van der Waals surface area contributed by atoms with Crippen LogP contribution >= 0.6 is 22.7 Å². The van der Waals surface area contributed by atoms with Crippen LogP contribution in [0, 0.1) is 0 Å². The Kier molecular flexibility index (Phi) is 6.24. The number of rotatable bonds is 8. The number of ether oxygens (including phenoxy) is 1. The summed E-state index contributed by atoms with van der Waals surface area (Å²) in [5.74, 6) is -0.357. The number of anilines is 1. The quantitative estimate of drug-likeness (QED) is 0.463. The van der Waals surface area contributed by atoms with E-state index in [4.69, 9.17) is 4.74 Å². The number of sulfonamides is 1. The third kappa shape index (κ3) is 4.29. The van der Waals surface area contributed by atoms with Gasteiger partial charge in [0.25, 0.3) is 15.9 Å². The van der Waals surface area contributed by atoms with Crippen LogP contribution < -0.4 is 9.64 Å². The van der Waals surface area contributed by atoms with Crippen molar-refractivity contribution in [3.05, 3.63) is 64.2 Å². The number of nitrogens with zero attached hydrogens (tertiary/aromatic N) is 2. The Morgan fingerprint density at radius 2 is 1.77 bits per heavy atom. The maximum atomic E-state index is 13.4. The highest BCUT2D eigenvalue weighted by atomic mass is 32.2. The first-order chi connectivity index (χ1) is 14.9. The van der Waals surface area contributed by atoms with Crippen LogP contribution in [-0.4, -0.2) is 37.2 Å². The molecular formula is C21H20N2O5S3. The van der Waals surface area contributed by atoms with Crippen molar-refractivity contribution < 1.29 is 22.7 Å². The number of amides is 2. The van der Waals surface area contributed by atoms with Gasteiger partial charge in [-0.3, -0.25) is 9.59 Å². The Labute approximate surface area is 188 Å². The number of hydrogen-bond donors (Lipinski definition) is 0. The maximum Gasteiger partial charge on any atom is 0.253 e. The van der Waals surface area contributed by atoms with Gasteiger partial charge in [-0.05, 0) is 54.1 Å². The number of hydrogen-bond acceptors (Lipinski definition) is 7. The van der Waals surface area contributed by atoms with Gasteiger partial charge in [0.2, 0.25) is 5.91 Å². The summed E-state index contributed by atoms with van der Waals surface area (Å²) >= 11 is 2.49. The summed E-state index contributed by atoms with van der Waals surface area (Å²) < 4.78 is 33.4. The second kappa shape index (κ2) is 8.91. The lowest BCUT2D eigenvalue weighted by molar-refractivity contribution is -0.122. The number of thiophene rings is 2. The summed E-state index contributed by atoms with van der Waals surface area (Å²) in [6.07, 6.45) is -0.206. The molecule has 1 aliphatic rings. The molecule has 7 nitrogen and oxygen atoms in total. The molecule has 0 saturated carbocycles. The van der Waals surface area contributed by atoms with Crippen molar-refractivity contribution >= 4 is 50.2 Å². The molecule has 0 N–H and O–H groups in total. The Hall–Kier alpha value is -2.53. The maximum absolute atomic E-state index is 13.4. The number of carbonyl (C=O) groups excluding carboxylic acids is 2. The predicted octanol–water partition coefficient (Wildman–Crippen LogP) is 3.73. The van der Waals surface area contributed by atoms with Gasteiger partial charge in [0, 0.05) is 11.4 Å². The van der Waals surface area contributed by atoms with Gasteiger partial charge in [-0.1, -0.05) is 12.1 Å². The highest BCUT2D eigenvalue weighted by molar-refractivity contribution is 7.91. The summed E-state index contributed by atoms with van der Waals surface area (Å²) in [6.45, 7) is 2.39. The third-order valence-electron chi connectivity index (χ3n) is 4.83. The van der Waals surface area contributed by atoms with E-state index < -0.39 is 27.9 Å². The lowest BCUT2D eigenvalue weighted by Crippen LogP contribution is -2.44. The average molecular weight is 477 g/mol. The standard InChI is InChI=1S/C21H20N2O5S3/c1-2-28-16-9-7-15(8-10-16)23-19(24)13-18(21(23)25)22(14-17-5-3-11-29-17)31(26,27)20-6-4-12-30-20/h3-12,18H,2,13-14H2,1H3. The smallest absolute Gasteiger partial charge is 0.253 e. The van der Waals surface area contributed by atoms with Crippen molar-refractivity contribution in [1.29, 1.82) is 0 Å². The van der Waals surface area contributed by atoms with Gasteiger partial charge in [0.15, 0.2) is 0 Å². The first-order valence-corrected chi connectivity index (χ1v) is 12.8. The number of benzene rings is 1. The minimum Gasteiger partial charge on any atom is -0.494 e. The molecule has 162 valence electrons. The molecular weight excluding hydrogens is 456 g/mol. The van der Waals surface area contributed by atoms with E-state index >= 15 is 0 Å². The predicted molar refractivity (Wildman–Crippen MR) is 120 cm³/mol. The molecule has 1 fully saturated rings. The van der Waals surface area contributed by atoms with Crippen molar-refractivity contribution in [3.8, 4) is 5.75 Å². The summed E-state index contributed by atoms with van der Waals surface area (Å²) in [4.78, 5) is 27.9. The molecule has 2 aromatic heterocycles. The first kappa shape index (κ1) is 21.7. The lowest BCUT2D eigenvalue weighted by atomic mass is 10.2. The molecule has 0 spiro atoms. The van der Waals surface area contributed by atoms with E-state index in [0.29, 0.717) is 18.0 Å². The second-order valence-corrected chi connectivity index (χ2v) is 10.9. The average Bonchev–Trinajstić information content (AvgIpc) is 3.50. The van der Waals surface area contributed by atoms with Gasteiger partial charge < -0.3 is 4.74 Å². The van der Waals surface area contributed by atoms with Crippen molar-refractivity contribution in [3.63, 3.8) is 0 Å². The van der Waals surface area contributed by atoms with Crippen molar-refractivity contribution in [2.45, 2.75) is 30.1 Å². The zero-order valence-corrected chi connectivity index (χ0v) is 19.1. The van der Waals surface area contributed by atoms with Gasteiger partial charge in [-0.15, -0.1) is 22.7 Å². The third-order valence-corrected chi connectivity index (χ3v) is 8.92. The zero-order chi connectivity index (χ0) is 22.0. The molecule has 1 atom stereocenters. The van der Waals surface area contributed by atoms with E-state index in [1.165, 1.54) is 17.4 Å². The molecule has 3 aromatic rings. The largest absolute Gasteiger partial charge is 0.494 e. The van der Waals surface area contributed by atoms with E-state index in [9.17, 15) is 18.0 Å². The van der Waals surface area contributed by atoms with Crippen molar-refractivity contribution in [2.24, 2.45) is 0 Å². The summed E-state index contributed by atoms with van der Waals surface area (Å²) in [7, 11) is -3.95. The Balaban J connectivity index is 1.67. The molecule has 31 heavy (non-hydrogen) atoms. The van der Waals surface area contributed by atoms with E-state index in [0.717, 1.165) is 25.4 Å². The normalized spacial score (nSPS) is 17.0. The van der Waals surface area contributed by atoms with Crippen LogP contribution in [0.5, 0.6) is 5.75 Å². The van der Waals surface area contributed by atoms with Crippen LogP contribution in [-0.2, 0) is 26.2 Å². The van der Waals surface area contributed by atoms with Gasteiger partial charge >= 0.3 is 0 Å². The molecule has 0 radical (unpaired) electrons. The minimum atomic E-state index is -3.95. The van der Waals surface area contributed by atoms with E-state index in [1.54, 1.807) is 35.7 Å². The monoisotopic (exact) mass is 476 g/mol. The molecule has 1 unspecified atom stereocenters. The molecule has 10 heteroatoms. The SMILES string of the molecule is CCOc1ccc(N2C(=O)CC(N(Cc3cccs3)S(=O)(=O)c3cccs3)C2=O)cc1.